The number of thiazole rings is 1. The van der Waals surface area contributed by atoms with E-state index < -0.39 is 0 Å². The fourth-order valence-electron chi connectivity index (χ4n) is 2.89. The fraction of sp³-hybridized carbons (Fsp3) is 0.294. The molecule has 4 rings (SSSR count). The summed E-state index contributed by atoms with van der Waals surface area (Å²) in [5.74, 6) is -0.365. The van der Waals surface area contributed by atoms with E-state index in [4.69, 9.17) is 0 Å². The Morgan fingerprint density at radius 2 is 2.19 bits per heavy atom. The number of anilines is 1. The number of aryl methyl sites for hydroxylation is 1. The molecule has 2 aromatic heterocycles. The number of benzene rings is 1. The summed E-state index contributed by atoms with van der Waals surface area (Å²) in [7, 11) is 2.05. The summed E-state index contributed by atoms with van der Waals surface area (Å²) in [4.78, 5) is 20.2. The first kappa shape index (κ1) is 16.8. The molecule has 1 aliphatic heterocycles. The number of hydrogen-bond donors (Lipinski definition) is 1. The topological polar surface area (TPSA) is 75.9 Å². The quantitative estimate of drug-likeness (QED) is 0.764. The number of hydrogen-bond acceptors (Lipinski definition) is 6. The molecular weight excluding hydrogens is 355 g/mol. The zero-order chi connectivity index (χ0) is 18.3. The first-order chi connectivity index (χ1) is 12.5. The minimum Gasteiger partial charge on any atom is -0.302 e. The second-order valence-corrected chi connectivity index (χ2v) is 7.45. The third kappa shape index (κ3) is 3.35. The van der Waals surface area contributed by atoms with E-state index in [0.29, 0.717) is 16.5 Å². The Morgan fingerprint density at radius 1 is 1.35 bits per heavy atom. The van der Waals surface area contributed by atoms with Gasteiger partial charge in [-0.1, -0.05) is 5.21 Å². The standard InChI is InChI=1S/C17H17FN6OS/c1-10-5-11(18)7-12(6-10)24-9-15(21-22-24)20-16(25)17-19-13-3-4-23(2)8-14(13)26-17/h5-7,9H,3-4,8H2,1-2H3,(H,20,25). The zero-order valence-electron chi connectivity index (χ0n) is 14.4. The molecule has 0 unspecified atom stereocenters. The highest BCUT2D eigenvalue weighted by Crippen LogP contribution is 2.25. The molecular formula is C17H17FN6OS. The van der Waals surface area contributed by atoms with Crippen molar-refractivity contribution in [1.82, 2.24) is 24.9 Å². The summed E-state index contributed by atoms with van der Waals surface area (Å²) >= 11 is 1.40. The Bertz CT molecular complexity index is 961. The predicted octanol–water partition coefficient (Wildman–Crippen LogP) is 2.41. The van der Waals surface area contributed by atoms with Crippen LogP contribution in [0.4, 0.5) is 10.2 Å². The molecule has 1 amide bonds. The molecule has 0 bridgehead atoms. The van der Waals surface area contributed by atoms with E-state index in [9.17, 15) is 9.18 Å². The summed E-state index contributed by atoms with van der Waals surface area (Å²) in [6, 6.07) is 4.58. The number of nitrogens with one attached hydrogen (secondary N) is 1. The maximum absolute atomic E-state index is 13.6. The van der Waals surface area contributed by atoms with Crippen molar-refractivity contribution in [2.45, 2.75) is 19.9 Å². The second kappa shape index (κ2) is 6.58. The van der Waals surface area contributed by atoms with E-state index in [-0.39, 0.29) is 11.7 Å². The van der Waals surface area contributed by atoms with E-state index in [1.54, 1.807) is 19.2 Å². The molecule has 0 atom stereocenters. The van der Waals surface area contributed by atoms with Crippen LogP contribution in [0.15, 0.2) is 24.4 Å². The van der Waals surface area contributed by atoms with Crippen LogP contribution in [-0.2, 0) is 13.0 Å². The molecule has 1 aromatic carbocycles. The average Bonchev–Trinajstić information content (AvgIpc) is 3.20. The third-order valence-electron chi connectivity index (χ3n) is 4.14. The third-order valence-corrected chi connectivity index (χ3v) is 5.22. The first-order valence-electron chi connectivity index (χ1n) is 8.16. The lowest BCUT2D eigenvalue weighted by molar-refractivity contribution is 0.102. The zero-order valence-corrected chi connectivity index (χ0v) is 15.2. The largest absolute Gasteiger partial charge is 0.302 e. The van der Waals surface area contributed by atoms with Crippen molar-refractivity contribution in [2.24, 2.45) is 0 Å². The lowest BCUT2D eigenvalue weighted by atomic mass is 10.2. The normalized spacial score (nSPS) is 14.3. The Balaban J connectivity index is 1.51. The van der Waals surface area contributed by atoms with E-state index in [1.807, 2.05) is 0 Å². The van der Waals surface area contributed by atoms with Gasteiger partial charge in [-0.25, -0.2) is 14.1 Å². The molecule has 0 aliphatic carbocycles. The minimum atomic E-state index is -0.348. The lowest BCUT2D eigenvalue weighted by Gasteiger charge is -2.20. The molecule has 9 heteroatoms. The molecule has 26 heavy (non-hydrogen) atoms. The van der Waals surface area contributed by atoms with Crippen LogP contribution in [0, 0.1) is 12.7 Å². The maximum Gasteiger partial charge on any atom is 0.285 e. The van der Waals surface area contributed by atoms with Gasteiger partial charge in [-0.2, -0.15) is 0 Å². The number of likely N-dealkylation sites (N-methyl/N-ethyl adjacent to an activating group) is 1. The SMILES string of the molecule is Cc1cc(F)cc(-n2cc(NC(=O)c3nc4c(s3)CN(C)CC4)nn2)c1. The summed E-state index contributed by atoms with van der Waals surface area (Å²) in [6.45, 7) is 3.56. The van der Waals surface area contributed by atoms with Gasteiger partial charge in [0.25, 0.3) is 5.91 Å². The van der Waals surface area contributed by atoms with Crippen molar-refractivity contribution in [1.29, 1.82) is 0 Å². The van der Waals surface area contributed by atoms with Gasteiger partial charge in [0.05, 0.1) is 17.6 Å². The van der Waals surface area contributed by atoms with E-state index in [2.05, 4.69) is 32.6 Å². The van der Waals surface area contributed by atoms with E-state index in [1.165, 1.54) is 28.2 Å². The van der Waals surface area contributed by atoms with Crippen molar-refractivity contribution >= 4 is 23.1 Å². The van der Waals surface area contributed by atoms with Crippen molar-refractivity contribution in [3.63, 3.8) is 0 Å². The van der Waals surface area contributed by atoms with Gasteiger partial charge in [0, 0.05) is 24.4 Å². The maximum atomic E-state index is 13.6. The molecule has 1 aliphatic rings. The van der Waals surface area contributed by atoms with Crippen molar-refractivity contribution in [2.75, 3.05) is 18.9 Å². The average molecular weight is 372 g/mol. The summed E-state index contributed by atoms with van der Waals surface area (Å²) in [5.41, 5.74) is 2.32. The monoisotopic (exact) mass is 372 g/mol. The Morgan fingerprint density at radius 3 is 3.00 bits per heavy atom. The highest BCUT2D eigenvalue weighted by molar-refractivity contribution is 7.13. The smallest absolute Gasteiger partial charge is 0.285 e. The Labute approximate surface area is 153 Å². The van der Waals surface area contributed by atoms with Gasteiger partial charge in [0.2, 0.25) is 0 Å². The highest BCUT2D eigenvalue weighted by Gasteiger charge is 2.22. The molecule has 0 radical (unpaired) electrons. The molecule has 0 fully saturated rings. The van der Waals surface area contributed by atoms with Crippen LogP contribution in [0.3, 0.4) is 0 Å². The van der Waals surface area contributed by atoms with Gasteiger partial charge < -0.3 is 10.2 Å². The molecule has 134 valence electrons. The number of halogens is 1. The van der Waals surface area contributed by atoms with Crippen LogP contribution in [0.25, 0.3) is 5.69 Å². The second-order valence-electron chi connectivity index (χ2n) is 6.37. The van der Waals surface area contributed by atoms with Crippen LogP contribution >= 0.6 is 11.3 Å². The van der Waals surface area contributed by atoms with Crippen LogP contribution in [-0.4, -0.2) is 44.4 Å². The highest BCUT2D eigenvalue weighted by atomic mass is 32.1. The minimum absolute atomic E-state index is 0.294. The summed E-state index contributed by atoms with van der Waals surface area (Å²) in [5, 5.41) is 11.0. The van der Waals surface area contributed by atoms with Gasteiger partial charge in [-0.05, 0) is 37.7 Å². The number of aromatic nitrogens is 4. The molecule has 1 N–H and O–H groups in total. The fourth-order valence-corrected chi connectivity index (χ4v) is 3.97. The summed E-state index contributed by atoms with van der Waals surface area (Å²) in [6.07, 6.45) is 2.40. The number of carbonyl (C=O) groups excluding carboxylic acids is 1. The van der Waals surface area contributed by atoms with Crippen molar-refractivity contribution in [3.8, 4) is 5.69 Å². The van der Waals surface area contributed by atoms with Crippen molar-refractivity contribution < 1.29 is 9.18 Å². The van der Waals surface area contributed by atoms with Gasteiger partial charge in [-0.15, -0.1) is 16.4 Å². The molecule has 0 spiro atoms. The van der Waals surface area contributed by atoms with Gasteiger partial charge >= 0.3 is 0 Å². The first-order valence-corrected chi connectivity index (χ1v) is 8.98. The van der Waals surface area contributed by atoms with E-state index in [0.717, 1.165) is 35.6 Å². The number of nitrogens with zero attached hydrogens (tertiary/aromatic N) is 5. The van der Waals surface area contributed by atoms with Gasteiger partial charge in [-0.3, -0.25) is 4.79 Å². The predicted molar refractivity (Wildman–Crippen MR) is 96.2 cm³/mol. The molecule has 3 heterocycles. The van der Waals surface area contributed by atoms with Crippen LogP contribution < -0.4 is 5.32 Å². The molecule has 0 saturated carbocycles. The Hall–Kier alpha value is -2.65. The lowest BCUT2D eigenvalue weighted by Crippen LogP contribution is -2.25. The number of amides is 1. The molecule has 7 nitrogen and oxygen atoms in total. The van der Waals surface area contributed by atoms with Gasteiger partial charge in [0.1, 0.15) is 5.82 Å². The number of fused-ring (bicyclic) bond motifs is 1. The molecule has 0 saturated heterocycles. The van der Waals surface area contributed by atoms with Crippen molar-refractivity contribution in [3.05, 3.63) is 51.4 Å². The number of rotatable bonds is 3. The number of carbonyl (C=O) groups is 1. The van der Waals surface area contributed by atoms with Gasteiger partial charge in [0.15, 0.2) is 10.8 Å². The molecule has 3 aromatic rings. The van der Waals surface area contributed by atoms with E-state index >= 15 is 0 Å². The van der Waals surface area contributed by atoms with Crippen LogP contribution in [0.1, 0.15) is 25.9 Å². The summed E-state index contributed by atoms with van der Waals surface area (Å²) < 4.78 is 15.0. The Kier molecular flexibility index (Phi) is 4.25. The van der Waals surface area contributed by atoms with Crippen LogP contribution in [0.5, 0.6) is 0 Å². The van der Waals surface area contributed by atoms with Crippen LogP contribution in [0.2, 0.25) is 0 Å².